The molecule has 0 bridgehead atoms. The van der Waals surface area contributed by atoms with Crippen molar-refractivity contribution in [2.75, 3.05) is 11.9 Å². The number of aryl methyl sites for hydroxylation is 1. The molecule has 0 saturated heterocycles. The van der Waals surface area contributed by atoms with Crippen molar-refractivity contribution in [3.8, 4) is 0 Å². The van der Waals surface area contributed by atoms with Crippen LogP contribution in [0.5, 0.6) is 0 Å². The van der Waals surface area contributed by atoms with Crippen molar-refractivity contribution in [1.29, 1.82) is 0 Å². The van der Waals surface area contributed by atoms with Crippen LogP contribution in [0.2, 0.25) is 0 Å². The molecule has 1 aromatic rings. The lowest BCUT2D eigenvalue weighted by Gasteiger charge is -2.15. The lowest BCUT2D eigenvalue weighted by atomic mass is 10.0. The van der Waals surface area contributed by atoms with Gasteiger partial charge in [0.1, 0.15) is 5.82 Å². The molecule has 1 aromatic heterocycles. The Bertz CT molecular complexity index is 279. The fourth-order valence-corrected chi connectivity index (χ4v) is 1.50. The summed E-state index contributed by atoms with van der Waals surface area (Å²) < 4.78 is 0. The van der Waals surface area contributed by atoms with E-state index in [1.54, 1.807) is 0 Å². The largest absolute Gasteiger partial charge is 0.369 e. The van der Waals surface area contributed by atoms with E-state index < -0.39 is 0 Å². The Labute approximate surface area is 92.1 Å². The summed E-state index contributed by atoms with van der Waals surface area (Å²) in [6.45, 7) is 7.18. The first-order chi connectivity index (χ1) is 7.08. The van der Waals surface area contributed by atoms with Crippen LogP contribution in [0.25, 0.3) is 0 Å². The van der Waals surface area contributed by atoms with Crippen molar-refractivity contribution in [3.05, 3.63) is 23.9 Å². The molecule has 0 radical (unpaired) electrons. The molecule has 1 rings (SSSR count). The van der Waals surface area contributed by atoms with Gasteiger partial charge in [0.05, 0.1) is 0 Å². The first-order valence-corrected chi connectivity index (χ1v) is 5.50. The van der Waals surface area contributed by atoms with Crippen LogP contribution in [-0.4, -0.2) is 17.6 Å². The third-order valence-electron chi connectivity index (χ3n) is 2.23. The van der Waals surface area contributed by atoms with E-state index in [0.29, 0.717) is 5.92 Å². The molecule has 3 heteroatoms. The van der Waals surface area contributed by atoms with E-state index in [-0.39, 0.29) is 6.04 Å². The quantitative estimate of drug-likeness (QED) is 0.778. The molecule has 1 atom stereocenters. The zero-order chi connectivity index (χ0) is 11.3. The molecule has 1 heterocycles. The number of anilines is 1. The summed E-state index contributed by atoms with van der Waals surface area (Å²) in [4.78, 5) is 4.26. The second kappa shape index (κ2) is 5.71. The molecule has 3 nitrogen and oxygen atoms in total. The molecule has 0 aliphatic carbocycles. The highest BCUT2D eigenvalue weighted by atomic mass is 15.0. The molecule has 84 valence electrons. The Kier molecular flexibility index (Phi) is 4.56. The molecular weight excluding hydrogens is 186 g/mol. The van der Waals surface area contributed by atoms with Crippen LogP contribution >= 0.6 is 0 Å². The minimum absolute atomic E-state index is 0.202. The molecule has 3 N–H and O–H groups in total. The number of aromatic nitrogens is 1. The van der Waals surface area contributed by atoms with Crippen molar-refractivity contribution in [1.82, 2.24) is 4.98 Å². The zero-order valence-corrected chi connectivity index (χ0v) is 9.83. The molecule has 0 spiro atoms. The topological polar surface area (TPSA) is 50.9 Å². The van der Waals surface area contributed by atoms with E-state index in [2.05, 4.69) is 24.1 Å². The van der Waals surface area contributed by atoms with Gasteiger partial charge < -0.3 is 11.1 Å². The smallest absolute Gasteiger partial charge is 0.125 e. The fraction of sp³-hybridized carbons (Fsp3) is 0.583. The highest BCUT2D eigenvalue weighted by molar-refractivity contribution is 5.35. The second-order valence-corrected chi connectivity index (χ2v) is 4.49. The van der Waals surface area contributed by atoms with Gasteiger partial charge in [-0.05, 0) is 30.9 Å². The summed E-state index contributed by atoms with van der Waals surface area (Å²) in [5, 5.41) is 3.24. The van der Waals surface area contributed by atoms with Gasteiger partial charge >= 0.3 is 0 Å². The average molecular weight is 207 g/mol. The lowest BCUT2D eigenvalue weighted by Crippen LogP contribution is -2.30. The summed E-state index contributed by atoms with van der Waals surface area (Å²) in [6.07, 6.45) is 2.90. The third kappa shape index (κ3) is 4.79. The highest BCUT2D eigenvalue weighted by Gasteiger charge is 2.05. The number of nitrogens with one attached hydrogen (secondary N) is 1. The van der Waals surface area contributed by atoms with Crippen LogP contribution in [0.4, 0.5) is 5.82 Å². The van der Waals surface area contributed by atoms with Crippen molar-refractivity contribution in [2.45, 2.75) is 33.2 Å². The number of rotatable bonds is 5. The first kappa shape index (κ1) is 12.0. The minimum Gasteiger partial charge on any atom is -0.369 e. The van der Waals surface area contributed by atoms with Gasteiger partial charge in [-0.3, -0.25) is 0 Å². The molecule has 0 amide bonds. The fourth-order valence-electron chi connectivity index (χ4n) is 1.50. The van der Waals surface area contributed by atoms with Gasteiger partial charge in [0.25, 0.3) is 0 Å². The maximum absolute atomic E-state index is 5.96. The Morgan fingerprint density at radius 3 is 2.67 bits per heavy atom. The summed E-state index contributed by atoms with van der Waals surface area (Å²) in [7, 11) is 0. The Morgan fingerprint density at radius 1 is 1.40 bits per heavy atom. The van der Waals surface area contributed by atoms with Gasteiger partial charge in [-0.2, -0.15) is 0 Å². The van der Waals surface area contributed by atoms with E-state index in [4.69, 9.17) is 5.73 Å². The monoisotopic (exact) mass is 207 g/mol. The van der Waals surface area contributed by atoms with Crippen molar-refractivity contribution < 1.29 is 0 Å². The van der Waals surface area contributed by atoms with Crippen LogP contribution in [0.15, 0.2) is 18.3 Å². The van der Waals surface area contributed by atoms with Gasteiger partial charge in [0, 0.05) is 18.8 Å². The van der Waals surface area contributed by atoms with E-state index in [0.717, 1.165) is 18.8 Å². The number of pyridine rings is 1. The molecule has 15 heavy (non-hydrogen) atoms. The predicted molar refractivity (Wildman–Crippen MR) is 64.9 cm³/mol. The number of hydrogen-bond donors (Lipinski definition) is 2. The highest BCUT2D eigenvalue weighted by Crippen LogP contribution is 2.06. The minimum atomic E-state index is 0.202. The van der Waals surface area contributed by atoms with Crippen LogP contribution < -0.4 is 11.1 Å². The van der Waals surface area contributed by atoms with Crippen LogP contribution in [0, 0.1) is 12.8 Å². The van der Waals surface area contributed by atoms with Gasteiger partial charge in [0.2, 0.25) is 0 Å². The Morgan fingerprint density at radius 2 is 2.13 bits per heavy atom. The Hall–Kier alpha value is -1.09. The summed E-state index contributed by atoms with van der Waals surface area (Å²) in [5.41, 5.74) is 7.14. The molecule has 0 aliphatic rings. The van der Waals surface area contributed by atoms with Crippen molar-refractivity contribution in [2.24, 2.45) is 11.7 Å². The maximum atomic E-state index is 5.96. The van der Waals surface area contributed by atoms with Crippen LogP contribution in [0.1, 0.15) is 25.8 Å². The Balaban J connectivity index is 2.33. The van der Waals surface area contributed by atoms with E-state index in [9.17, 15) is 0 Å². The number of nitrogens with two attached hydrogens (primary N) is 1. The van der Waals surface area contributed by atoms with Crippen molar-refractivity contribution in [3.63, 3.8) is 0 Å². The molecule has 0 saturated carbocycles. The first-order valence-electron chi connectivity index (χ1n) is 5.50. The molecule has 0 aromatic carbocycles. The molecular formula is C12H21N3. The second-order valence-electron chi connectivity index (χ2n) is 4.49. The van der Waals surface area contributed by atoms with Gasteiger partial charge in [-0.15, -0.1) is 0 Å². The summed E-state index contributed by atoms with van der Waals surface area (Å²) >= 11 is 0. The molecule has 1 unspecified atom stereocenters. The number of nitrogens with zero attached hydrogens (tertiary/aromatic N) is 1. The standard InChI is InChI=1S/C12H21N3/c1-9(2)6-11(13)8-15-12-5-4-10(3)7-14-12/h4-5,7,9,11H,6,8,13H2,1-3H3,(H,14,15). The average Bonchev–Trinajstić information content (AvgIpc) is 2.16. The predicted octanol–water partition coefficient (Wildman–Crippen LogP) is 2.18. The zero-order valence-electron chi connectivity index (χ0n) is 9.83. The van der Waals surface area contributed by atoms with Crippen LogP contribution in [0.3, 0.4) is 0 Å². The lowest BCUT2D eigenvalue weighted by molar-refractivity contribution is 0.508. The van der Waals surface area contributed by atoms with Gasteiger partial charge in [-0.1, -0.05) is 19.9 Å². The molecule has 0 fully saturated rings. The van der Waals surface area contributed by atoms with Crippen molar-refractivity contribution >= 4 is 5.82 Å². The number of hydrogen-bond acceptors (Lipinski definition) is 3. The van der Waals surface area contributed by atoms with E-state index in [1.165, 1.54) is 5.56 Å². The van der Waals surface area contributed by atoms with Gasteiger partial charge in [-0.25, -0.2) is 4.98 Å². The summed E-state index contributed by atoms with van der Waals surface area (Å²) in [6, 6.07) is 4.23. The van der Waals surface area contributed by atoms with Crippen LogP contribution in [-0.2, 0) is 0 Å². The SMILES string of the molecule is Cc1ccc(NCC(N)CC(C)C)nc1. The third-order valence-corrected chi connectivity index (χ3v) is 2.23. The van der Waals surface area contributed by atoms with E-state index in [1.807, 2.05) is 25.3 Å². The van der Waals surface area contributed by atoms with E-state index >= 15 is 0 Å². The molecule has 0 aliphatic heterocycles. The summed E-state index contributed by atoms with van der Waals surface area (Å²) in [5.74, 6) is 1.55. The van der Waals surface area contributed by atoms with Gasteiger partial charge in [0.15, 0.2) is 0 Å². The maximum Gasteiger partial charge on any atom is 0.125 e. The normalized spacial score (nSPS) is 12.9.